The van der Waals surface area contributed by atoms with Crippen LogP contribution < -0.4 is 20.7 Å². The number of carbonyl (C=O) groups is 2. The number of rotatable bonds is 4. The summed E-state index contributed by atoms with van der Waals surface area (Å²) in [5.41, 5.74) is 0.423. The molecule has 26 heavy (non-hydrogen) atoms. The number of methoxy groups -OCH3 is 1. The number of amides is 4. The first-order valence-corrected chi connectivity index (χ1v) is 9.03. The molecule has 0 aromatic heterocycles. The molecule has 7 nitrogen and oxygen atoms in total. The summed E-state index contributed by atoms with van der Waals surface area (Å²) < 4.78 is 5.26. The lowest BCUT2D eigenvalue weighted by Crippen LogP contribution is -2.48. The van der Waals surface area contributed by atoms with Gasteiger partial charge in [0, 0.05) is 25.2 Å². The Hall–Kier alpha value is -2.44. The molecule has 1 heterocycles. The highest BCUT2D eigenvalue weighted by molar-refractivity contribution is 5.91. The van der Waals surface area contributed by atoms with Gasteiger partial charge in [0.25, 0.3) is 0 Å². The first-order valence-electron chi connectivity index (χ1n) is 9.03. The molecular weight excluding hydrogens is 332 g/mol. The van der Waals surface area contributed by atoms with Gasteiger partial charge in [0.15, 0.2) is 0 Å². The maximum atomic E-state index is 12.4. The van der Waals surface area contributed by atoms with Crippen LogP contribution in [-0.2, 0) is 0 Å². The molecule has 0 saturated carbocycles. The molecule has 1 saturated heterocycles. The van der Waals surface area contributed by atoms with E-state index in [-0.39, 0.29) is 17.6 Å². The molecule has 0 atom stereocenters. The number of carbonyl (C=O) groups excluding carboxylic acids is 2. The van der Waals surface area contributed by atoms with Crippen LogP contribution in [0.1, 0.15) is 33.6 Å². The number of para-hydroxylation sites is 2. The number of anilines is 1. The molecule has 0 bridgehead atoms. The van der Waals surface area contributed by atoms with Gasteiger partial charge in [0.1, 0.15) is 5.75 Å². The average molecular weight is 362 g/mol. The van der Waals surface area contributed by atoms with E-state index < -0.39 is 0 Å². The normalized spacial score (nSPS) is 15.3. The summed E-state index contributed by atoms with van der Waals surface area (Å²) in [5, 5.41) is 8.71. The molecule has 0 radical (unpaired) electrons. The van der Waals surface area contributed by atoms with Gasteiger partial charge in [-0.05, 0) is 51.7 Å². The van der Waals surface area contributed by atoms with Gasteiger partial charge in [-0.3, -0.25) is 0 Å². The maximum absolute atomic E-state index is 12.4. The fraction of sp³-hybridized carbons (Fsp3) is 0.579. The van der Waals surface area contributed by atoms with Gasteiger partial charge in [-0.2, -0.15) is 0 Å². The number of nitrogens with zero attached hydrogens (tertiary/aromatic N) is 1. The molecule has 1 aliphatic rings. The zero-order valence-corrected chi connectivity index (χ0v) is 16.1. The van der Waals surface area contributed by atoms with E-state index in [0.29, 0.717) is 37.0 Å². The van der Waals surface area contributed by atoms with E-state index in [1.807, 2.05) is 45.0 Å². The van der Waals surface area contributed by atoms with Gasteiger partial charge in [0.05, 0.1) is 12.8 Å². The number of nitrogens with one attached hydrogen (secondary N) is 3. The molecule has 144 valence electrons. The molecule has 1 aromatic carbocycles. The molecule has 7 heteroatoms. The Morgan fingerprint density at radius 3 is 2.46 bits per heavy atom. The van der Waals surface area contributed by atoms with Gasteiger partial charge >= 0.3 is 12.1 Å². The van der Waals surface area contributed by atoms with Crippen molar-refractivity contribution in [3.63, 3.8) is 0 Å². The average Bonchev–Trinajstić information content (AvgIpc) is 2.59. The summed E-state index contributed by atoms with van der Waals surface area (Å²) in [6.07, 6.45) is 1.74. The van der Waals surface area contributed by atoms with Crippen molar-refractivity contribution in [1.82, 2.24) is 15.5 Å². The van der Waals surface area contributed by atoms with Crippen LogP contribution in [0.3, 0.4) is 0 Å². The minimum absolute atomic E-state index is 0.119. The van der Waals surface area contributed by atoms with Crippen LogP contribution in [-0.4, -0.2) is 49.2 Å². The van der Waals surface area contributed by atoms with E-state index in [4.69, 9.17) is 4.74 Å². The van der Waals surface area contributed by atoms with E-state index in [1.165, 1.54) is 0 Å². The SMILES string of the molecule is COc1ccccc1NC(=O)N1CCC(CNC(=O)NC(C)(C)C)CC1. The van der Waals surface area contributed by atoms with Gasteiger partial charge in [-0.1, -0.05) is 12.1 Å². The zero-order chi connectivity index (χ0) is 19.2. The number of benzene rings is 1. The van der Waals surface area contributed by atoms with Crippen molar-refractivity contribution in [3.8, 4) is 5.75 Å². The predicted octanol–water partition coefficient (Wildman–Crippen LogP) is 3.04. The summed E-state index contributed by atoms with van der Waals surface area (Å²) in [6, 6.07) is 7.10. The summed E-state index contributed by atoms with van der Waals surface area (Å²) in [4.78, 5) is 26.1. The smallest absolute Gasteiger partial charge is 0.321 e. The molecule has 0 spiro atoms. The van der Waals surface area contributed by atoms with Crippen LogP contribution in [0.2, 0.25) is 0 Å². The Morgan fingerprint density at radius 1 is 1.19 bits per heavy atom. The number of piperidine rings is 1. The lowest BCUT2D eigenvalue weighted by Gasteiger charge is -2.32. The van der Waals surface area contributed by atoms with Crippen LogP contribution in [0.5, 0.6) is 5.75 Å². The molecule has 4 amide bonds. The van der Waals surface area contributed by atoms with Gasteiger partial charge in [-0.15, -0.1) is 0 Å². The molecule has 0 aliphatic carbocycles. The van der Waals surface area contributed by atoms with E-state index in [1.54, 1.807) is 12.0 Å². The topological polar surface area (TPSA) is 82.7 Å². The van der Waals surface area contributed by atoms with E-state index >= 15 is 0 Å². The van der Waals surface area contributed by atoms with Crippen molar-refractivity contribution >= 4 is 17.7 Å². The first kappa shape index (κ1) is 19.9. The molecule has 2 rings (SSSR count). The summed E-state index contributed by atoms with van der Waals surface area (Å²) in [7, 11) is 1.58. The van der Waals surface area contributed by atoms with Gasteiger partial charge in [-0.25, -0.2) is 9.59 Å². The van der Waals surface area contributed by atoms with Crippen molar-refractivity contribution < 1.29 is 14.3 Å². The Morgan fingerprint density at radius 2 is 1.85 bits per heavy atom. The van der Waals surface area contributed by atoms with Crippen molar-refractivity contribution in [3.05, 3.63) is 24.3 Å². The van der Waals surface area contributed by atoms with Crippen LogP contribution in [0, 0.1) is 5.92 Å². The number of hydrogen-bond donors (Lipinski definition) is 3. The van der Waals surface area contributed by atoms with Crippen LogP contribution >= 0.6 is 0 Å². The second-order valence-electron chi connectivity index (χ2n) is 7.65. The number of hydrogen-bond acceptors (Lipinski definition) is 3. The Labute approximate surface area is 155 Å². The number of ether oxygens (including phenoxy) is 1. The Kier molecular flexibility index (Phi) is 6.71. The molecular formula is C19H30N4O3. The van der Waals surface area contributed by atoms with Crippen LogP contribution in [0.4, 0.5) is 15.3 Å². The van der Waals surface area contributed by atoms with Crippen molar-refractivity contribution in [2.45, 2.75) is 39.2 Å². The number of likely N-dealkylation sites (tertiary alicyclic amines) is 1. The molecule has 1 aromatic rings. The first-order chi connectivity index (χ1) is 12.3. The molecule has 3 N–H and O–H groups in total. The lowest BCUT2D eigenvalue weighted by molar-refractivity contribution is 0.180. The predicted molar refractivity (Wildman–Crippen MR) is 103 cm³/mol. The minimum Gasteiger partial charge on any atom is -0.495 e. The van der Waals surface area contributed by atoms with E-state index in [2.05, 4.69) is 16.0 Å². The Bertz CT molecular complexity index is 619. The third-order valence-corrected chi connectivity index (χ3v) is 4.29. The fourth-order valence-corrected chi connectivity index (χ4v) is 2.90. The monoisotopic (exact) mass is 362 g/mol. The van der Waals surface area contributed by atoms with Crippen LogP contribution in [0.25, 0.3) is 0 Å². The van der Waals surface area contributed by atoms with E-state index in [9.17, 15) is 9.59 Å². The zero-order valence-electron chi connectivity index (χ0n) is 16.1. The van der Waals surface area contributed by atoms with Gasteiger partial charge < -0.3 is 25.6 Å². The van der Waals surface area contributed by atoms with Gasteiger partial charge in [0.2, 0.25) is 0 Å². The summed E-state index contributed by atoms with van der Waals surface area (Å²) >= 11 is 0. The minimum atomic E-state index is -0.246. The largest absolute Gasteiger partial charge is 0.495 e. The van der Waals surface area contributed by atoms with E-state index in [0.717, 1.165) is 12.8 Å². The molecule has 0 unspecified atom stereocenters. The second-order valence-corrected chi connectivity index (χ2v) is 7.65. The maximum Gasteiger partial charge on any atom is 0.321 e. The third-order valence-electron chi connectivity index (χ3n) is 4.29. The quantitative estimate of drug-likeness (QED) is 0.770. The van der Waals surface area contributed by atoms with Crippen molar-refractivity contribution in [2.75, 3.05) is 32.1 Å². The summed E-state index contributed by atoms with van der Waals surface area (Å²) in [6.45, 7) is 7.83. The van der Waals surface area contributed by atoms with Crippen molar-refractivity contribution in [1.29, 1.82) is 0 Å². The highest BCUT2D eigenvalue weighted by Crippen LogP contribution is 2.24. The fourth-order valence-electron chi connectivity index (χ4n) is 2.90. The third kappa shape index (κ3) is 6.13. The van der Waals surface area contributed by atoms with Crippen LogP contribution in [0.15, 0.2) is 24.3 Å². The number of urea groups is 2. The lowest BCUT2D eigenvalue weighted by atomic mass is 9.97. The van der Waals surface area contributed by atoms with Crippen molar-refractivity contribution in [2.24, 2.45) is 5.92 Å². The second kappa shape index (κ2) is 8.78. The highest BCUT2D eigenvalue weighted by atomic mass is 16.5. The Balaban J connectivity index is 1.75. The molecule has 1 fully saturated rings. The highest BCUT2D eigenvalue weighted by Gasteiger charge is 2.24. The summed E-state index contributed by atoms with van der Waals surface area (Å²) in [5.74, 6) is 1.03. The standard InChI is InChI=1S/C19H30N4O3/c1-19(2,3)22-17(24)20-13-14-9-11-23(12-10-14)18(25)21-15-7-5-6-8-16(15)26-4/h5-8,14H,9-13H2,1-4H3,(H,21,25)(H2,20,22,24). The molecule has 1 aliphatic heterocycles.